The third-order valence-electron chi connectivity index (χ3n) is 4.39. The maximum Gasteiger partial charge on any atom is 0.244 e. The highest BCUT2D eigenvalue weighted by Crippen LogP contribution is 2.35. The number of hydrogen-bond acceptors (Lipinski definition) is 4. The number of carbonyl (C=O) groups excluding carboxylic acids is 1. The van der Waals surface area contributed by atoms with Crippen molar-refractivity contribution in [3.8, 4) is 17.2 Å². The van der Waals surface area contributed by atoms with Crippen LogP contribution in [0, 0.1) is 0 Å². The Balaban J connectivity index is 1.68. The van der Waals surface area contributed by atoms with Gasteiger partial charge >= 0.3 is 0 Å². The summed E-state index contributed by atoms with van der Waals surface area (Å²) in [7, 11) is 1.61. The highest BCUT2D eigenvalue weighted by molar-refractivity contribution is 5.92. The summed E-state index contributed by atoms with van der Waals surface area (Å²) in [6.07, 6.45) is 4.29. The first-order valence-corrected chi connectivity index (χ1v) is 9.15. The number of benzene rings is 2. The van der Waals surface area contributed by atoms with E-state index in [2.05, 4.69) is 5.32 Å². The molecule has 1 heterocycles. The van der Waals surface area contributed by atoms with Gasteiger partial charge in [-0.05, 0) is 38.1 Å². The monoisotopic (exact) mass is 367 g/mol. The molecule has 142 valence electrons. The van der Waals surface area contributed by atoms with Crippen LogP contribution < -0.4 is 19.5 Å². The number of ether oxygens (including phenoxy) is 3. The van der Waals surface area contributed by atoms with Crippen molar-refractivity contribution in [2.45, 2.75) is 32.9 Å². The zero-order chi connectivity index (χ0) is 19.2. The molecule has 5 heteroatoms. The Morgan fingerprint density at radius 3 is 2.89 bits per heavy atom. The summed E-state index contributed by atoms with van der Waals surface area (Å²) < 4.78 is 16.9. The van der Waals surface area contributed by atoms with E-state index in [1.54, 1.807) is 13.2 Å². The quantitative estimate of drug-likeness (QED) is 0.758. The van der Waals surface area contributed by atoms with E-state index in [0.29, 0.717) is 13.2 Å². The van der Waals surface area contributed by atoms with Crippen LogP contribution in [-0.2, 0) is 17.8 Å². The second-order valence-corrected chi connectivity index (χ2v) is 6.43. The lowest BCUT2D eigenvalue weighted by atomic mass is 10.1. The van der Waals surface area contributed by atoms with Crippen LogP contribution in [0.2, 0.25) is 0 Å². The average molecular weight is 367 g/mol. The van der Waals surface area contributed by atoms with Crippen molar-refractivity contribution in [2.24, 2.45) is 0 Å². The van der Waals surface area contributed by atoms with Crippen LogP contribution in [-0.4, -0.2) is 25.7 Å². The Bertz CT molecular complexity index is 844. The van der Waals surface area contributed by atoms with Crippen molar-refractivity contribution >= 4 is 12.0 Å². The summed E-state index contributed by atoms with van der Waals surface area (Å²) in [6.45, 7) is 4.94. The second kappa shape index (κ2) is 8.62. The lowest BCUT2D eigenvalue weighted by Gasteiger charge is -2.13. The zero-order valence-corrected chi connectivity index (χ0v) is 16.0. The number of carbonyl (C=O) groups is 1. The minimum Gasteiger partial charge on any atom is -0.496 e. The SMILES string of the molecule is CCOc1cc2c(cc1CNC(=O)/C=C/c1ccccc1OC)O[C@H](C)C2. The fourth-order valence-electron chi connectivity index (χ4n) is 3.12. The van der Waals surface area contributed by atoms with Gasteiger partial charge in [0.2, 0.25) is 5.91 Å². The van der Waals surface area contributed by atoms with Crippen LogP contribution in [0.3, 0.4) is 0 Å². The first kappa shape index (κ1) is 18.8. The molecule has 5 nitrogen and oxygen atoms in total. The number of rotatable bonds is 7. The summed E-state index contributed by atoms with van der Waals surface area (Å²) in [4.78, 5) is 12.2. The van der Waals surface area contributed by atoms with Crippen LogP contribution in [0.25, 0.3) is 6.08 Å². The molecular formula is C22H25NO4. The number of fused-ring (bicyclic) bond motifs is 1. The molecule has 0 fully saturated rings. The summed E-state index contributed by atoms with van der Waals surface area (Å²) in [5, 5.41) is 2.91. The summed E-state index contributed by atoms with van der Waals surface area (Å²) in [6, 6.07) is 11.5. The van der Waals surface area contributed by atoms with E-state index in [4.69, 9.17) is 14.2 Å². The van der Waals surface area contributed by atoms with E-state index >= 15 is 0 Å². The Labute approximate surface area is 159 Å². The van der Waals surface area contributed by atoms with Crippen LogP contribution in [0.4, 0.5) is 0 Å². The van der Waals surface area contributed by atoms with Gasteiger partial charge in [0.1, 0.15) is 23.4 Å². The van der Waals surface area contributed by atoms with Crippen molar-refractivity contribution in [3.63, 3.8) is 0 Å². The summed E-state index contributed by atoms with van der Waals surface area (Å²) in [5.41, 5.74) is 2.91. The Morgan fingerprint density at radius 2 is 2.11 bits per heavy atom. The molecular weight excluding hydrogens is 342 g/mol. The molecule has 2 aromatic rings. The van der Waals surface area contributed by atoms with Gasteiger partial charge in [-0.1, -0.05) is 18.2 Å². The number of hydrogen-bond donors (Lipinski definition) is 1. The Morgan fingerprint density at radius 1 is 1.30 bits per heavy atom. The van der Waals surface area contributed by atoms with Crippen LogP contribution >= 0.6 is 0 Å². The van der Waals surface area contributed by atoms with E-state index in [9.17, 15) is 4.79 Å². The number of methoxy groups -OCH3 is 1. The van der Waals surface area contributed by atoms with Gasteiger partial charge in [0, 0.05) is 35.7 Å². The van der Waals surface area contributed by atoms with Crippen molar-refractivity contribution in [2.75, 3.05) is 13.7 Å². The first-order chi connectivity index (χ1) is 13.1. The molecule has 0 spiro atoms. The minimum absolute atomic E-state index is 0.170. The van der Waals surface area contributed by atoms with Crippen molar-refractivity contribution in [1.82, 2.24) is 5.32 Å². The van der Waals surface area contributed by atoms with Crippen LogP contribution in [0.5, 0.6) is 17.2 Å². The molecule has 1 atom stereocenters. The Kier molecular flexibility index (Phi) is 6.01. The number of nitrogens with one attached hydrogen (secondary N) is 1. The summed E-state index contributed by atoms with van der Waals surface area (Å²) >= 11 is 0. The van der Waals surface area contributed by atoms with E-state index in [1.165, 1.54) is 6.08 Å². The molecule has 1 aliphatic heterocycles. The maximum atomic E-state index is 12.2. The van der Waals surface area contributed by atoms with E-state index in [1.807, 2.05) is 50.2 Å². The van der Waals surface area contributed by atoms with E-state index < -0.39 is 0 Å². The molecule has 1 aliphatic rings. The molecule has 1 N–H and O–H groups in total. The lowest BCUT2D eigenvalue weighted by molar-refractivity contribution is -0.116. The smallest absolute Gasteiger partial charge is 0.244 e. The Hall–Kier alpha value is -2.95. The molecule has 2 aromatic carbocycles. The third-order valence-corrected chi connectivity index (χ3v) is 4.39. The highest BCUT2D eigenvalue weighted by Gasteiger charge is 2.21. The predicted molar refractivity (Wildman–Crippen MR) is 105 cm³/mol. The first-order valence-electron chi connectivity index (χ1n) is 9.15. The highest BCUT2D eigenvalue weighted by atomic mass is 16.5. The van der Waals surface area contributed by atoms with Gasteiger partial charge in [-0.25, -0.2) is 0 Å². The largest absolute Gasteiger partial charge is 0.496 e. The molecule has 1 amide bonds. The maximum absolute atomic E-state index is 12.2. The molecule has 0 saturated heterocycles. The summed E-state index contributed by atoms with van der Waals surface area (Å²) in [5.74, 6) is 2.21. The van der Waals surface area contributed by atoms with Gasteiger partial charge in [-0.3, -0.25) is 4.79 Å². The topological polar surface area (TPSA) is 56.8 Å². The van der Waals surface area contributed by atoms with Gasteiger partial charge in [-0.15, -0.1) is 0 Å². The second-order valence-electron chi connectivity index (χ2n) is 6.43. The van der Waals surface area contributed by atoms with E-state index in [0.717, 1.165) is 40.4 Å². The zero-order valence-electron chi connectivity index (χ0n) is 16.0. The molecule has 0 aliphatic carbocycles. The van der Waals surface area contributed by atoms with Crippen molar-refractivity contribution < 1.29 is 19.0 Å². The normalized spacial score (nSPS) is 15.3. The molecule has 0 bridgehead atoms. The standard InChI is InChI=1S/C22H25NO4/c1-4-26-20-12-17-11-15(2)27-21(17)13-18(20)14-23-22(24)10-9-16-7-5-6-8-19(16)25-3/h5-10,12-13,15H,4,11,14H2,1-3H3,(H,23,24)/b10-9+/t15-/m1/s1. The van der Waals surface area contributed by atoms with Crippen molar-refractivity contribution in [1.29, 1.82) is 0 Å². The molecule has 27 heavy (non-hydrogen) atoms. The number of amides is 1. The van der Waals surface area contributed by atoms with Gasteiger partial charge < -0.3 is 19.5 Å². The molecule has 0 unspecified atom stereocenters. The fourth-order valence-corrected chi connectivity index (χ4v) is 3.12. The van der Waals surface area contributed by atoms with Crippen LogP contribution in [0.15, 0.2) is 42.5 Å². The molecule has 0 radical (unpaired) electrons. The molecule has 0 aromatic heterocycles. The van der Waals surface area contributed by atoms with Gasteiger partial charge in [-0.2, -0.15) is 0 Å². The average Bonchev–Trinajstić information content (AvgIpc) is 3.03. The van der Waals surface area contributed by atoms with Gasteiger partial charge in [0.25, 0.3) is 0 Å². The minimum atomic E-state index is -0.182. The van der Waals surface area contributed by atoms with Gasteiger partial charge in [0.05, 0.1) is 13.7 Å². The molecule has 0 saturated carbocycles. The lowest BCUT2D eigenvalue weighted by Crippen LogP contribution is -2.20. The third kappa shape index (κ3) is 4.61. The van der Waals surface area contributed by atoms with Crippen molar-refractivity contribution in [3.05, 3.63) is 59.2 Å². The van der Waals surface area contributed by atoms with Gasteiger partial charge in [0.15, 0.2) is 0 Å². The molecule has 3 rings (SSSR count). The number of para-hydroxylation sites is 1. The fraction of sp³-hybridized carbons (Fsp3) is 0.318. The van der Waals surface area contributed by atoms with E-state index in [-0.39, 0.29) is 12.0 Å². The predicted octanol–water partition coefficient (Wildman–Crippen LogP) is 3.75. The van der Waals surface area contributed by atoms with Crippen LogP contribution in [0.1, 0.15) is 30.5 Å².